The van der Waals surface area contributed by atoms with E-state index in [2.05, 4.69) is 0 Å². The molecule has 5 heteroatoms. The first-order chi connectivity index (χ1) is 10.6. The van der Waals surface area contributed by atoms with E-state index in [1.54, 1.807) is 12.1 Å². The summed E-state index contributed by atoms with van der Waals surface area (Å²) < 4.78 is 11.5. The van der Waals surface area contributed by atoms with Crippen LogP contribution >= 0.6 is 0 Å². The molecule has 0 spiro atoms. The molecule has 0 bridgehead atoms. The molecule has 3 unspecified atom stereocenters. The second kappa shape index (κ2) is 4.47. The molecule has 3 aliphatic rings. The number of aliphatic carboxylic acids is 1. The predicted octanol–water partition coefficient (Wildman–Crippen LogP) is 2.33. The van der Waals surface area contributed by atoms with Crippen LogP contribution in [0.3, 0.4) is 0 Å². The molecule has 1 aromatic carbocycles. The van der Waals surface area contributed by atoms with Crippen LogP contribution in [-0.2, 0) is 9.53 Å². The van der Waals surface area contributed by atoms with Crippen LogP contribution in [0, 0.1) is 5.92 Å². The maximum Gasteiger partial charge on any atom is 0.345 e. The highest BCUT2D eigenvalue weighted by molar-refractivity contribution is 6.03. The molecule has 5 nitrogen and oxygen atoms in total. The molecule has 22 heavy (non-hydrogen) atoms. The molecule has 112 valence electrons. The fourth-order valence-corrected chi connectivity index (χ4v) is 3.38. The standard InChI is InChI=1S/C17H14O5/c1-8-6-10-14(18)9-4-2-3-5-12(9)21-16(10)11-7-13(17(19)20)22-15(8)11/h2-6,10,13,16H,7H2,1H3,(H,19,20). The fraction of sp³-hybridized carbons (Fsp3) is 0.294. The Morgan fingerprint density at radius 1 is 1.27 bits per heavy atom. The van der Waals surface area contributed by atoms with Gasteiger partial charge < -0.3 is 14.6 Å². The van der Waals surface area contributed by atoms with E-state index in [4.69, 9.17) is 9.47 Å². The Hall–Kier alpha value is -2.56. The van der Waals surface area contributed by atoms with E-state index in [0.29, 0.717) is 17.1 Å². The summed E-state index contributed by atoms with van der Waals surface area (Å²) in [5.74, 6) is -0.282. The van der Waals surface area contributed by atoms with E-state index in [1.165, 1.54) is 0 Å². The maximum atomic E-state index is 12.7. The van der Waals surface area contributed by atoms with Gasteiger partial charge in [0.15, 0.2) is 11.9 Å². The van der Waals surface area contributed by atoms with Gasteiger partial charge in [0.05, 0.1) is 11.5 Å². The number of carboxylic acids is 1. The molecule has 0 radical (unpaired) electrons. The Labute approximate surface area is 126 Å². The lowest BCUT2D eigenvalue weighted by Gasteiger charge is -2.34. The third kappa shape index (κ3) is 1.71. The quantitative estimate of drug-likeness (QED) is 0.861. The summed E-state index contributed by atoms with van der Waals surface area (Å²) in [5.41, 5.74) is 2.15. The zero-order valence-corrected chi connectivity index (χ0v) is 11.9. The van der Waals surface area contributed by atoms with Gasteiger partial charge in [-0.2, -0.15) is 0 Å². The number of carboxylic acid groups (broad SMARTS) is 1. The number of hydrogen-bond acceptors (Lipinski definition) is 4. The Balaban J connectivity index is 1.77. The Kier molecular flexibility index (Phi) is 2.66. The minimum atomic E-state index is -0.999. The second-order valence-corrected chi connectivity index (χ2v) is 5.78. The van der Waals surface area contributed by atoms with Crippen molar-refractivity contribution in [1.82, 2.24) is 0 Å². The van der Waals surface area contributed by atoms with Crippen molar-refractivity contribution in [2.24, 2.45) is 5.92 Å². The van der Waals surface area contributed by atoms with E-state index < -0.39 is 24.1 Å². The van der Waals surface area contributed by atoms with Crippen molar-refractivity contribution in [3.63, 3.8) is 0 Å². The molecule has 3 atom stereocenters. The molecule has 0 fully saturated rings. The predicted molar refractivity (Wildman–Crippen MR) is 76.6 cm³/mol. The highest BCUT2D eigenvalue weighted by Crippen LogP contribution is 2.44. The van der Waals surface area contributed by atoms with Gasteiger partial charge in [0.25, 0.3) is 0 Å². The summed E-state index contributed by atoms with van der Waals surface area (Å²) in [6.07, 6.45) is 0.715. The molecule has 2 heterocycles. The van der Waals surface area contributed by atoms with Crippen LogP contribution in [0.5, 0.6) is 5.75 Å². The van der Waals surface area contributed by atoms with Crippen molar-refractivity contribution in [3.8, 4) is 5.75 Å². The molecule has 0 amide bonds. The van der Waals surface area contributed by atoms with E-state index in [9.17, 15) is 14.7 Å². The Morgan fingerprint density at radius 3 is 2.82 bits per heavy atom. The summed E-state index contributed by atoms with van der Waals surface area (Å²) >= 11 is 0. The molecule has 0 saturated carbocycles. The normalized spacial score (nSPS) is 28.9. The molecule has 0 saturated heterocycles. The first kappa shape index (κ1) is 13.1. The highest BCUT2D eigenvalue weighted by atomic mass is 16.5. The minimum Gasteiger partial charge on any atom is -0.484 e. The lowest BCUT2D eigenvalue weighted by molar-refractivity contribution is -0.146. The van der Waals surface area contributed by atoms with E-state index in [1.807, 2.05) is 25.1 Å². The summed E-state index contributed by atoms with van der Waals surface area (Å²) in [7, 11) is 0. The molecule has 0 aromatic heterocycles. The molecular formula is C17H14O5. The minimum absolute atomic E-state index is 0.0107. The van der Waals surface area contributed by atoms with Crippen LogP contribution in [0.25, 0.3) is 0 Å². The third-order valence-corrected chi connectivity index (χ3v) is 4.40. The molecular weight excluding hydrogens is 284 g/mol. The van der Waals surface area contributed by atoms with Crippen molar-refractivity contribution in [3.05, 3.63) is 52.8 Å². The number of ether oxygens (including phenoxy) is 2. The summed E-state index contributed by atoms with van der Waals surface area (Å²) in [6, 6.07) is 7.14. The highest BCUT2D eigenvalue weighted by Gasteiger charge is 2.46. The van der Waals surface area contributed by atoms with Crippen molar-refractivity contribution in [2.45, 2.75) is 25.6 Å². The molecule has 2 aliphatic heterocycles. The number of rotatable bonds is 1. The third-order valence-electron chi connectivity index (χ3n) is 4.40. The van der Waals surface area contributed by atoms with Crippen molar-refractivity contribution >= 4 is 11.8 Å². The number of para-hydroxylation sites is 1. The second-order valence-electron chi connectivity index (χ2n) is 5.78. The number of allylic oxidation sites excluding steroid dienone is 1. The van der Waals surface area contributed by atoms with Gasteiger partial charge in [-0.25, -0.2) is 4.79 Å². The van der Waals surface area contributed by atoms with E-state index in [0.717, 1.165) is 11.1 Å². The molecule has 1 N–H and O–H groups in total. The van der Waals surface area contributed by atoms with Crippen LogP contribution in [-0.4, -0.2) is 29.1 Å². The fourth-order valence-electron chi connectivity index (χ4n) is 3.38. The molecule has 4 rings (SSSR count). The zero-order chi connectivity index (χ0) is 15.4. The first-order valence-electron chi connectivity index (χ1n) is 7.17. The van der Waals surface area contributed by atoms with Gasteiger partial charge in [-0.1, -0.05) is 18.2 Å². The maximum absolute atomic E-state index is 12.7. The van der Waals surface area contributed by atoms with Gasteiger partial charge in [0.1, 0.15) is 17.6 Å². The van der Waals surface area contributed by atoms with Gasteiger partial charge in [-0.3, -0.25) is 4.79 Å². The lowest BCUT2D eigenvalue weighted by Crippen LogP contribution is -2.40. The number of Topliss-reactive ketones (excluding diaryl/α,β-unsaturated/α-hetero) is 1. The number of fused-ring (bicyclic) bond motifs is 3. The number of benzene rings is 1. The Bertz CT molecular complexity index is 758. The number of carbonyl (C=O) groups is 2. The number of hydrogen-bond donors (Lipinski definition) is 1. The number of carbonyl (C=O) groups excluding carboxylic acids is 1. The first-order valence-corrected chi connectivity index (χ1v) is 7.17. The van der Waals surface area contributed by atoms with E-state index in [-0.39, 0.29) is 12.2 Å². The van der Waals surface area contributed by atoms with Crippen LogP contribution in [0.2, 0.25) is 0 Å². The summed E-state index contributed by atoms with van der Waals surface area (Å²) in [6.45, 7) is 1.84. The lowest BCUT2D eigenvalue weighted by atomic mass is 9.79. The monoisotopic (exact) mass is 298 g/mol. The van der Waals surface area contributed by atoms with E-state index >= 15 is 0 Å². The summed E-state index contributed by atoms with van der Waals surface area (Å²) in [4.78, 5) is 23.9. The van der Waals surface area contributed by atoms with Gasteiger partial charge in [-0.15, -0.1) is 0 Å². The van der Waals surface area contributed by atoms with Gasteiger partial charge >= 0.3 is 5.97 Å². The van der Waals surface area contributed by atoms with Gasteiger partial charge in [0, 0.05) is 12.0 Å². The van der Waals surface area contributed by atoms with Gasteiger partial charge in [0.2, 0.25) is 0 Å². The average molecular weight is 298 g/mol. The molecule has 1 aromatic rings. The SMILES string of the molecule is CC1=CC2C(=O)c3ccccc3OC2C2=C1OC(C(=O)O)C2. The van der Waals surface area contributed by atoms with Crippen molar-refractivity contribution < 1.29 is 24.2 Å². The molecule has 1 aliphatic carbocycles. The zero-order valence-electron chi connectivity index (χ0n) is 11.9. The van der Waals surface area contributed by atoms with Gasteiger partial charge in [-0.05, 0) is 24.6 Å². The van der Waals surface area contributed by atoms with Crippen LogP contribution in [0.1, 0.15) is 23.7 Å². The Morgan fingerprint density at radius 2 is 2.05 bits per heavy atom. The van der Waals surface area contributed by atoms with Crippen molar-refractivity contribution in [2.75, 3.05) is 0 Å². The van der Waals surface area contributed by atoms with Crippen LogP contribution in [0.15, 0.2) is 47.2 Å². The van der Waals surface area contributed by atoms with Crippen LogP contribution < -0.4 is 4.74 Å². The largest absolute Gasteiger partial charge is 0.484 e. The summed E-state index contributed by atoms with van der Waals surface area (Å²) in [5, 5.41) is 9.17. The smallest absolute Gasteiger partial charge is 0.345 e. The van der Waals surface area contributed by atoms with Crippen LogP contribution in [0.4, 0.5) is 0 Å². The average Bonchev–Trinajstić information content (AvgIpc) is 2.95. The van der Waals surface area contributed by atoms with Crippen molar-refractivity contribution in [1.29, 1.82) is 0 Å². The topological polar surface area (TPSA) is 72.8 Å². The number of ketones is 1.